The number of alkyl halides is 1. The number of rotatable bonds is 5. The molecule has 1 aromatic rings. The van der Waals surface area contributed by atoms with E-state index in [0.717, 1.165) is 30.0 Å². The second-order valence-electron chi connectivity index (χ2n) is 4.46. The van der Waals surface area contributed by atoms with Crippen LogP contribution in [0.25, 0.3) is 0 Å². The summed E-state index contributed by atoms with van der Waals surface area (Å²) in [5.41, 5.74) is 1.13. The molecule has 1 aliphatic carbocycles. The van der Waals surface area contributed by atoms with E-state index in [0.29, 0.717) is 10.0 Å². The van der Waals surface area contributed by atoms with Gasteiger partial charge in [0.2, 0.25) is 0 Å². The van der Waals surface area contributed by atoms with E-state index in [2.05, 4.69) is 26.9 Å². The molecule has 0 heterocycles. The highest BCUT2D eigenvalue weighted by Gasteiger charge is 2.24. The average Bonchev–Trinajstić information content (AvgIpc) is 2.22. The summed E-state index contributed by atoms with van der Waals surface area (Å²) in [6, 6.07) is 6.60. The Morgan fingerprint density at radius 3 is 2.65 bits per heavy atom. The normalized spacial score (nSPS) is 16.2. The summed E-state index contributed by atoms with van der Waals surface area (Å²) in [7, 11) is 0. The van der Waals surface area contributed by atoms with Crippen LogP contribution in [0.4, 0.5) is 0 Å². The molecule has 0 radical (unpaired) electrons. The molecule has 4 heteroatoms. The molecule has 0 saturated heterocycles. The zero-order valence-electron chi connectivity index (χ0n) is 9.63. The summed E-state index contributed by atoms with van der Waals surface area (Å²) < 4.78 is 0. The van der Waals surface area contributed by atoms with Crippen molar-refractivity contribution < 1.29 is 0 Å². The summed E-state index contributed by atoms with van der Waals surface area (Å²) >= 11 is 15.8. The molecular weight excluding hydrogens is 321 g/mol. The van der Waals surface area contributed by atoms with Crippen LogP contribution >= 0.6 is 39.1 Å². The van der Waals surface area contributed by atoms with Crippen LogP contribution in [0.2, 0.25) is 10.0 Å². The van der Waals surface area contributed by atoms with Crippen LogP contribution in [0.3, 0.4) is 0 Å². The van der Waals surface area contributed by atoms with Crippen molar-refractivity contribution in [3.05, 3.63) is 33.8 Å². The van der Waals surface area contributed by atoms with Gasteiger partial charge in [-0.3, -0.25) is 4.90 Å². The number of hydrogen-bond acceptors (Lipinski definition) is 1. The Morgan fingerprint density at radius 1 is 1.29 bits per heavy atom. The summed E-state index contributed by atoms with van der Waals surface area (Å²) in [5.74, 6) is 0. The van der Waals surface area contributed by atoms with E-state index in [-0.39, 0.29) is 0 Å². The van der Waals surface area contributed by atoms with Crippen LogP contribution in [0.15, 0.2) is 18.2 Å². The molecule has 2 rings (SSSR count). The molecule has 17 heavy (non-hydrogen) atoms. The van der Waals surface area contributed by atoms with Gasteiger partial charge >= 0.3 is 0 Å². The highest BCUT2D eigenvalue weighted by molar-refractivity contribution is 9.09. The standard InChI is InChI=1S/C13H16BrCl2N/c14-7-8-17(11-4-2-5-11)9-10-3-1-6-12(15)13(10)16/h1,3,6,11H,2,4-5,7-9H2. The number of benzene rings is 1. The predicted octanol–water partition coefficient (Wildman–Crippen LogP) is 4.74. The van der Waals surface area contributed by atoms with Crippen molar-refractivity contribution in [2.75, 3.05) is 11.9 Å². The fraction of sp³-hybridized carbons (Fsp3) is 0.538. The van der Waals surface area contributed by atoms with Crippen molar-refractivity contribution in [1.29, 1.82) is 0 Å². The summed E-state index contributed by atoms with van der Waals surface area (Å²) in [6.07, 6.45) is 3.98. The molecule has 0 aliphatic heterocycles. The molecule has 1 saturated carbocycles. The van der Waals surface area contributed by atoms with Crippen LogP contribution in [-0.4, -0.2) is 22.8 Å². The predicted molar refractivity (Wildman–Crippen MR) is 78.3 cm³/mol. The van der Waals surface area contributed by atoms with E-state index in [9.17, 15) is 0 Å². The third-order valence-electron chi connectivity index (χ3n) is 3.37. The molecule has 1 fully saturated rings. The lowest BCUT2D eigenvalue weighted by Crippen LogP contribution is -2.40. The topological polar surface area (TPSA) is 3.24 Å². The van der Waals surface area contributed by atoms with Gasteiger partial charge in [-0.1, -0.05) is 57.7 Å². The minimum absolute atomic E-state index is 0.650. The molecule has 0 aromatic heterocycles. The molecule has 0 atom stereocenters. The van der Waals surface area contributed by atoms with Gasteiger partial charge in [0.1, 0.15) is 0 Å². The second-order valence-corrected chi connectivity index (χ2v) is 6.04. The third kappa shape index (κ3) is 3.37. The fourth-order valence-corrected chi connectivity index (χ4v) is 2.98. The molecule has 0 N–H and O–H groups in total. The lowest BCUT2D eigenvalue weighted by molar-refractivity contribution is 0.128. The first-order chi connectivity index (χ1) is 8.22. The second kappa shape index (κ2) is 6.42. The van der Waals surface area contributed by atoms with E-state index >= 15 is 0 Å². The van der Waals surface area contributed by atoms with Gasteiger partial charge in [0.25, 0.3) is 0 Å². The summed E-state index contributed by atoms with van der Waals surface area (Å²) in [5, 5.41) is 2.35. The van der Waals surface area contributed by atoms with E-state index in [1.807, 2.05) is 12.1 Å². The maximum atomic E-state index is 6.23. The molecular formula is C13H16BrCl2N. The molecule has 0 spiro atoms. The zero-order valence-corrected chi connectivity index (χ0v) is 12.7. The largest absolute Gasteiger partial charge is 0.295 e. The maximum absolute atomic E-state index is 6.23. The Bertz CT molecular complexity index is 380. The fourth-order valence-electron chi connectivity index (χ4n) is 2.14. The van der Waals surface area contributed by atoms with Gasteiger partial charge in [-0.25, -0.2) is 0 Å². The van der Waals surface area contributed by atoms with Crippen molar-refractivity contribution in [1.82, 2.24) is 4.90 Å². The van der Waals surface area contributed by atoms with Crippen LogP contribution in [0, 0.1) is 0 Å². The van der Waals surface area contributed by atoms with Gasteiger partial charge in [0, 0.05) is 24.5 Å². The van der Waals surface area contributed by atoms with Gasteiger partial charge in [0.05, 0.1) is 10.0 Å². The Kier molecular flexibility index (Phi) is 5.16. The summed E-state index contributed by atoms with van der Waals surface area (Å²) in [4.78, 5) is 2.50. The minimum atomic E-state index is 0.650. The Hall–Kier alpha value is 0.240. The quantitative estimate of drug-likeness (QED) is 0.702. The molecule has 0 amide bonds. The van der Waals surface area contributed by atoms with E-state index in [1.54, 1.807) is 0 Å². The van der Waals surface area contributed by atoms with E-state index < -0.39 is 0 Å². The Labute approximate surface area is 121 Å². The SMILES string of the molecule is Clc1cccc(CN(CCBr)C2CCC2)c1Cl. The first kappa shape index (κ1) is 13.7. The monoisotopic (exact) mass is 335 g/mol. The summed E-state index contributed by atoms with van der Waals surface area (Å²) in [6.45, 7) is 1.96. The molecule has 1 nitrogen and oxygen atoms in total. The lowest BCUT2D eigenvalue weighted by atomic mass is 9.91. The van der Waals surface area contributed by atoms with Crippen LogP contribution in [0.1, 0.15) is 24.8 Å². The Balaban J connectivity index is 2.08. The minimum Gasteiger partial charge on any atom is -0.295 e. The molecule has 94 valence electrons. The highest BCUT2D eigenvalue weighted by atomic mass is 79.9. The first-order valence-corrected chi connectivity index (χ1v) is 7.83. The van der Waals surface area contributed by atoms with Gasteiger partial charge in [-0.05, 0) is 24.5 Å². The maximum Gasteiger partial charge on any atom is 0.0637 e. The smallest absolute Gasteiger partial charge is 0.0637 e. The third-order valence-corrected chi connectivity index (χ3v) is 4.58. The Morgan fingerprint density at radius 2 is 2.06 bits per heavy atom. The number of nitrogens with zero attached hydrogens (tertiary/aromatic N) is 1. The molecule has 1 aromatic carbocycles. The average molecular weight is 337 g/mol. The van der Waals surface area contributed by atoms with Crippen molar-refractivity contribution >= 4 is 39.1 Å². The van der Waals surface area contributed by atoms with Gasteiger partial charge < -0.3 is 0 Å². The first-order valence-electron chi connectivity index (χ1n) is 5.95. The van der Waals surface area contributed by atoms with E-state index in [4.69, 9.17) is 23.2 Å². The number of hydrogen-bond donors (Lipinski definition) is 0. The van der Waals surface area contributed by atoms with E-state index in [1.165, 1.54) is 19.3 Å². The lowest BCUT2D eigenvalue weighted by Gasteiger charge is -2.37. The van der Waals surface area contributed by atoms with Crippen molar-refractivity contribution in [2.24, 2.45) is 0 Å². The van der Waals surface area contributed by atoms with Crippen molar-refractivity contribution in [2.45, 2.75) is 31.8 Å². The van der Waals surface area contributed by atoms with Gasteiger partial charge in [0.15, 0.2) is 0 Å². The highest BCUT2D eigenvalue weighted by Crippen LogP contribution is 2.30. The molecule has 1 aliphatic rings. The van der Waals surface area contributed by atoms with Crippen LogP contribution in [-0.2, 0) is 6.54 Å². The van der Waals surface area contributed by atoms with Crippen molar-refractivity contribution in [3.63, 3.8) is 0 Å². The van der Waals surface area contributed by atoms with Crippen molar-refractivity contribution in [3.8, 4) is 0 Å². The van der Waals surface area contributed by atoms with Gasteiger partial charge in [-0.15, -0.1) is 0 Å². The van der Waals surface area contributed by atoms with Crippen LogP contribution in [0.5, 0.6) is 0 Å². The molecule has 0 unspecified atom stereocenters. The number of halogens is 3. The molecule has 0 bridgehead atoms. The zero-order chi connectivity index (χ0) is 12.3. The van der Waals surface area contributed by atoms with Crippen LogP contribution < -0.4 is 0 Å². The van der Waals surface area contributed by atoms with Gasteiger partial charge in [-0.2, -0.15) is 0 Å².